The molecular weight excluding hydrogens is 318 g/mol. The van der Waals surface area contributed by atoms with Gasteiger partial charge in [0.25, 0.3) is 17.7 Å². The van der Waals surface area contributed by atoms with Crippen LogP contribution in [0.3, 0.4) is 0 Å². The molecule has 0 fully saturated rings. The maximum atomic E-state index is 12.8. The fourth-order valence-corrected chi connectivity index (χ4v) is 3.31. The van der Waals surface area contributed by atoms with Crippen LogP contribution >= 0.6 is 0 Å². The molecule has 4 rings (SSSR count). The highest BCUT2D eigenvalue weighted by atomic mass is 16.2. The number of carbonyl (C=O) groups excluding carboxylic acids is 3. The number of rotatable bonds is 2. The summed E-state index contributed by atoms with van der Waals surface area (Å²) in [7, 11) is 0. The summed E-state index contributed by atoms with van der Waals surface area (Å²) in [4.78, 5) is 39.1. The Bertz CT molecular complexity index is 1010. The SMILES string of the molecule is Cc1cc(C)n(C(=O)CN2C(=O)c3cccc4cccc(c34)C2=O)n1. The van der Waals surface area contributed by atoms with Crippen molar-refractivity contribution in [3.63, 3.8) is 0 Å². The monoisotopic (exact) mass is 333 g/mol. The Balaban J connectivity index is 1.75. The van der Waals surface area contributed by atoms with Gasteiger partial charge in [-0.3, -0.25) is 19.3 Å². The van der Waals surface area contributed by atoms with E-state index in [4.69, 9.17) is 0 Å². The summed E-state index contributed by atoms with van der Waals surface area (Å²) in [5.74, 6) is -1.33. The van der Waals surface area contributed by atoms with Crippen LogP contribution in [0.5, 0.6) is 0 Å². The predicted octanol–water partition coefficient (Wildman–Crippen LogP) is 2.59. The van der Waals surface area contributed by atoms with Crippen molar-refractivity contribution in [3.05, 3.63) is 65.0 Å². The van der Waals surface area contributed by atoms with E-state index in [1.807, 2.05) is 12.1 Å². The zero-order chi connectivity index (χ0) is 17.7. The average molecular weight is 333 g/mol. The Morgan fingerprint density at radius 1 is 1.00 bits per heavy atom. The van der Waals surface area contributed by atoms with Crippen LogP contribution in [0.2, 0.25) is 0 Å². The molecule has 0 spiro atoms. The molecule has 6 heteroatoms. The van der Waals surface area contributed by atoms with Gasteiger partial charge >= 0.3 is 0 Å². The highest BCUT2D eigenvalue weighted by molar-refractivity contribution is 6.26. The zero-order valence-electron chi connectivity index (χ0n) is 13.8. The van der Waals surface area contributed by atoms with E-state index in [1.54, 1.807) is 44.2 Å². The van der Waals surface area contributed by atoms with Crippen molar-refractivity contribution < 1.29 is 14.4 Å². The summed E-state index contributed by atoms with van der Waals surface area (Å²) >= 11 is 0. The molecule has 0 N–H and O–H groups in total. The number of hydrogen-bond donors (Lipinski definition) is 0. The Labute approximate surface area is 143 Å². The van der Waals surface area contributed by atoms with E-state index in [-0.39, 0.29) is 6.54 Å². The van der Waals surface area contributed by atoms with Crippen LogP contribution in [0, 0.1) is 13.8 Å². The lowest BCUT2D eigenvalue weighted by atomic mass is 9.94. The van der Waals surface area contributed by atoms with Gasteiger partial charge in [-0.05, 0) is 37.4 Å². The molecule has 0 atom stereocenters. The van der Waals surface area contributed by atoms with Crippen LogP contribution in [0.25, 0.3) is 10.8 Å². The number of benzene rings is 2. The van der Waals surface area contributed by atoms with Crippen LogP contribution in [-0.2, 0) is 0 Å². The minimum atomic E-state index is -0.454. The Kier molecular flexibility index (Phi) is 3.28. The average Bonchev–Trinajstić information content (AvgIpc) is 2.94. The Morgan fingerprint density at radius 2 is 1.60 bits per heavy atom. The van der Waals surface area contributed by atoms with E-state index in [0.29, 0.717) is 27.9 Å². The second-order valence-corrected chi connectivity index (χ2v) is 6.14. The predicted molar refractivity (Wildman–Crippen MR) is 91.6 cm³/mol. The molecule has 0 aliphatic carbocycles. The number of aromatic nitrogens is 2. The van der Waals surface area contributed by atoms with Crippen molar-refractivity contribution in [2.45, 2.75) is 13.8 Å². The third-order valence-corrected chi connectivity index (χ3v) is 4.40. The summed E-state index contributed by atoms with van der Waals surface area (Å²) in [6.45, 7) is 3.20. The molecule has 25 heavy (non-hydrogen) atoms. The summed E-state index contributed by atoms with van der Waals surface area (Å²) < 4.78 is 1.23. The molecule has 2 aromatic carbocycles. The fraction of sp³-hybridized carbons (Fsp3) is 0.158. The van der Waals surface area contributed by atoms with E-state index in [0.717, 1.165) is 10.3 Å². The molecule has 6 nitrogen and oxygen atoms in total. The maximum Gasteiger partial charge on any atom is 0.267 e. The third-order valence-electron chi connectivity index (χ3n) is 4.40. The quantitative estimate of drug-likeness (QED) is 0.676. The molecular formula is C19H15N3O3. The molecule has 0 unspecified atom stereocenters. The Morgan fingerprint density at radius 3 is 2.12 bits per heavy atom. The van der Waals surface area contributed by atoms with Crippen molar-refractivity contribution in [2.75, 3.05) is 6.54 Å². The van der Waals surface area contributed by atoms with Crippen LogP contribution in [0.15, 0.2) is 42.5 Å². The first-order valence-electron chi connectivity index (χ1n) is 7.92. The first kappa shape index (κ1) is 15.3. The number of amides is 2. The molecule has 0 saturated heterocycles. The third kappa shape index (κ3) is 2.26. The van der Waals surface area contributed by atoms with Crippen LogP contribution in [0.4, 0.5) is 0 Å². The Hall–Kier alpha value is -3.28. The van der Waals surface area contributed by atoms with E-state index in [9.17, 15) is 14.4 Å². The molecule has 0 bridgehead atoms. The van der Waals surface area contributed by atoms with Gasteiger partial charge in [0.15, 0.2) is 0 Å². The van der Waals surface area contributed by atoms with Gasteiger partial charge in [0.2, 0.25) is 0 Å². The zero-order valence-corrected chi connectivity index (χ0v) is 13.8. The van der Waals surface area contributed by atoms with Gasteiger partial charge in [0, 0.05) is 22.2 Å². The van der Waals surface area contributed by atoms with E-state index in [2.05, 4.69) is 5.10 Å². The molecule has 1 aromatic heterocycles. The summed E-state index contributed by atoms with van der Waals surface area (Å²) in [6.07, 6.45) is 0. The fourth-order valence-electron chi connectivity index (χ4n) is 3.31. The summed E-state index contributed by atoms with van der Waals surface area (Å²) in [5.41, 5.74) is 2.25. The number of carbonyl (C=O) groups is 3. The summed E-state index contributed by atoms with van der Waals surface area (Å²) in [6, 6.07) is 12.4. The lowest BCUT2D eigenvalue weighted by Crippen LogP contribution is -2.44. The standard InChI is InChI=1S/C19H15N3O3/c1-11-9-12(2)22(20-11)16(23)10-21-18(24)14-7-3-5-13-6-4-8-15(17(13)14)19(21)25/h3-9H,10H2,1-2H3. The van der Waals surface area contributed by atoms with E-state index < -0.39 is 17.7 Å². The van der Waals surface area contributed by atoms with Crippen molar-refractivity contribution in [1.82, 2.24) is 14.7 Å². The molecule has 0 radical (unpaired) electrons. The van der Waals surface area contributed by atoms with Gasteiger partial charge in [0.05, 0.1) is 5.69 Å². The first-order valence-corrected chi connectivity index (χ1v) is 7.92. The van der Waals surface area contributed by atoms with Crippen LogP contribution in [-0.4, -0.2) is 38.9 Å². The first-order chi connectivity index (χ1) is 12.0. The van der Waals surface area contributed by atoms with E-state index in [1.165, 1.54) is 4.68 Å². The highest BCUT2D eigenvalue weighted by Gasteiger charge is 2.34. The van der Waals surface area contributed by atoms with Crippen molar-refractivity contribution >= 4 is 28.5 Å². The van der Waals surface area contributed by atoms with Crippen molar-refractivity contribution in [1.29, 1.82) is 0 Å². The molecule has 1 aliphatic heterocycles. The second-order valence-electron chi connectivity index (χ2n) is 6.14. The smallest absolute Gasteiger partial charge is 0.267 e. The number of hydrogen-bond acceptors (Lipinski definition) is 4. The highest BCUT2D eigenvalue weighted by Crippen LogP contribution is 2.29. The largest absolute Gasteiger partial charge is 0.270 e. The van der Waals surface area contributed by atoms with Crippen molar-refractivity contribution in [2.24, 2.45) is 0 Å². The van der Waals surface area contributed by atoms with E-state index >= 15 is 0 Å². The molecule has 2 heterocycles. The minimum absolute atomic E-state index is 0.343. The van der Waals surface area contributed by atoms with Gasteiger partial charge in [-0.25, -0.2) is 4.68 Å². The van der Waals surface area contributed by atoms with Crippen LogP contribution in [0.1, 0.15) is 36.9 Å². The van der Waals surface area contributed by atoms with Gasteiger partial charge < -0.3 is 0 Å². The molecule has 1 aliphatic rings. The molecule has 0 saturated carbocycles. The van der Waals surface area contributed by atoms with Gasteiger partial charge in [-0.15, -0.1) is 0 Å². The number of nitrogens with zero attached hydrogens (tertiary/aromatic N) is 3. The molecule has 124 valence electrons. The van der Waals surface area contributed by atoms with Gasteiger partial charge in [-0.1, -0.05) is 24.3 Å². The number of imide groups is 1. The molecule has 3 aromatic rings. The van der Waals surface area contributed by atoms with Gasteiger partial charge in [0.1, 0.15) is 6.54 Å². The maximum absolute atomic E-state index is 12.8. The lowest BCUT2D eigenvalue weighted by Gasteiger charge is -2.26. The molecule has 2 amide bonds. The minimum Gasteiger partial charge on any atom is -0.270 e. The summed E-state index contributed by atoms with van der Waals surface area (Å²) in [5, 5.41) is 5.61. The normalized spacial score (nSPS) is 13.6. The van der Waals surface area contributed by atoms with Gasteiger partial charge in [-0.2, -0.15) is 5.10 Å². The topological polar surface area (TPSA) is 72.3 Å². The van der Waals surface area contributed by atoms with Crippen LogP contribution < -0.4 is 0 Å². The second kappa shape index (κ2) is 5.37. The van der Waals surface area contributed by atoms with Crippen molar-refractivity contribution in [3.8, 4) is 0 Å². The lowest BCUT2D eigenvalue weighted by molar-refractivity contribution is 0.0564. The number of aryl methyl sites for hydroxylation is 2.